The van der Waals surface area contributed by atoms with Gasteiger partial charge in [-0.3, -0.25) is 4.98 Å². The molecular weight excluding hydrogens is 306 g/mol. The molecule has 0 saturated carbocycles. The number of nitriles is 1. The zero-order valence-electron chi connectivity index (χ0n) is 8.44. The minimum atomic E-state index is 0.519. The third-order valence-corrected chi connectivity index (χ3v) is 3.39. The first-order valence-electron chi connectivity index (χ1n) is 4.59. The average molecular weight is 316 g/mol. The van der Waals surface area contributed by atoms with Crippen LogP contribution in [-0.2, 0) is 6.54 Å². The van der Waals surface area contributed by atoms with Crippen LogP contribution in [0.5, 0.6) is 0 Å². The normalized spacial score (nSPS) is 9.50. The van der Waals surface area contributed by atoms with E-state index < -0.39 is 0 Å². The molecule has 84 valence electrons. The zero-order chi connectivity index (χ0) is 11.8. The van der Waals surface area contributed by atoms with Gasteiger partial charge in [0.1, 0.15) is 4.32 Å². The maximum Gasteiger partial charge on any atom is 0.134 e. The molecule has 3 nitrogen and oxygen atoms in total. The number of nitrogens with one attached hydrogen (secondary N) is 1. The molecule has 0 aromatic carbocycles. The van der Waals surface area contributed by atoms with Crippen molar-refractivity contribution in [2.75, 3.05) is 5.75 Å². The van der Waals surface area contributed by atoms with Gasteiger partial charge in [0, 0.05) is 35.6 Å². The van der Waals surface area contributed by atoms with Gasteiger partial charge in [-0.2, -0.15) is 5.26 Å². The van der Waals surface area contributed by atoms with Crippen LogP contribution in [0.3, 0.4) is 0 Å². The molecule has 0 fully saturated rings. The third kappa shape index (κ3) is 5.45. The molecule has 0 aliphatic heterocycles. The van der Waals surface area contributed by atoms with Crippen LogP contribution in [0.2, 0.25) is 0 Å². The average Bonchev–Trinajstić information content (AvgIpc) is 2.27. The summed E-state index contributed by atoms with van der Waals surface area (Å²) in [7, 11) is 0. The van der Waals surface area contributed by atoms with Crippen LogP contribution in [0, 0.1) is 11.3 Å². The van der Waals surface area contributed by atoms with Gasteiger partial charge in [-0.25, -0.2) is 0 Å². The summed E-state index contributed by atoms with van der Waals surface area (Å²) >= 11 is 9.96. The van der Waals surface area contributed by atoms with Crippen LogP contribution < -0.4 is 5.32 Å². The first kappa shape index (κ1) is 13.4. The van der Waals surface area contributed by atoms with E-state index in [0.29, 0.717) is 13.0 Å². The topological polar surface area (TPSA) is 48.7 Å². The summed E-state index contributed by atoms with van der Waals surface area (Å²) in [5.41, 5.74) is 1.07. The van der Waals surface area contributed by atoms with E-state index in [9.17, 15) is 0 Å². The van der Waals surface area contributed by atoms with Crippen molar-refractivity contribution in [3.8, 4) is 6.07 Å². The molecule has 0 bridgehead atoms. The number of nitrogens with zero attached hydrogens (tertiary/aromatic N) is 2. The number of halogens is 1. The van der Waals surface area contributed by atoms with Crippen LogP contribution in [0.4, 0.5) is 0 Å². The lowest BCUT2D eigenvalue weighted by atomic mass is 10.3. The molecule has 6 heteroatoms. The minimum Gasteiger partial charge on any atom is -0.367 e. The Morgan fingerprint density at radius 2 is 2.44 bits per heavy atom. The fraction of sp³-hybridized carbons (Fsp3) is 0.300. The maximum absolute atomic E-state index is 8.38. The molecule has 0 amide bonds. The smallest absolute Gasteiger partial charge is 0.134 e. The van der Waals surface area contributed by atoms with E-state index in [4.69, 9.17) is 17.5 Å². The summed E-state index contributed by atoms with van der Waals surface area (Å²) in [6.45, 7) is 0.658. The lowest BCUT2D eigenvalue weighted by Gasteiger charge is -2.06. The largest absolute Gasteiger partial charge is 0.367 e. The molecule has 1 N–H and O–H groups in total. The fourth-order valence-corrected chi connectivity index (χ4v) is 2.25. The van der Waals surface area contributed by atoms with Crippen molar-refractivity contribution in [1.29, 1.82) is 5.26 Å². The van der Waals surface area contributed by atoms with Crippen LogP contribution in [0.1, 0.15) is 12.0 Å². The molecule has 0 saturated heterocycles. The quantitative estimate of drug-likeness (QED) is 0.684. The molecule has 0 aliphatic rings. The van der Waals surface area contributed by atoms with Crippen molar-refractivity contribution in [3.05, 3.63) is 28.5 Å². The van der Waals surface area contributed by atoms with Crippen molar-refractivity contribution < 1.29 is 0 Å². The minimum absolute atomic E-state index is 0.519. The van der Waals surface area contributed by atoms with Gasteiger partial charge in [-0.1, -0.05) is 24.0 Å². The second kappa shape index (κ2) is 7.60. The number of hydrogen-bond acceptors (Lipinski definition) is 4. The van der Waals surface area contributed by atoms with E-state index in [1.54, 1.807) is 12.4 Å². The van der Waals surface area contributed by atoms with Crippen molar-refractivity contribution in [2.45, 2.75) is 13.0 Å². The predicted octanol–water partition coefficient (Wildman–Crippen LogP) is 2.87. The molecule has 0 aliphatic carbocycles. The molecule has 16 heavy (non-hydrogen) atoms. The second-order valence-corrected chi connectivity index (χ2v) is 5.60. The number of thioether (sulfide) groups is 1. The number of pyridine rings is 1. The van der Waals surface area contributed by atoms with Crippen molar-refractivity contribution >= 4 is 44.2 Å². The van der Waals surface area contributed by atoms with Gasteiger partial charge >= 0.3 is 0 Å². The number of rotatable bonds is 4. The highest BCUT2D eigenvalue weighted by atomic mass is 79.9. The molecule has 0 atom stereocenters. The van der Waals surface area contributed by atoms with Gasteiger partial charge in [-0.15, -0.1) is 0 Å². The number of aromatic nitrogens is 1. The molecule has 1 heterocycles. The van der Waals surface area contributed by atoms with E-state index in [2.05, 4.69) is 32.3 Å². The summed E-state index contributed by atoms with van der Waals surface area (Å²) in [5, 5.41) is 11.5. The molecule has 1 aromatic heterocycles. The van der Waals surface area contributed by atoms with E-state index in [0.717, 1.165) is 20.1 Å². The van der Waals surface area contributed by atoms with Crippen LogP contribution >= 0.6 is 39.9 Å². The van der Waals surface area contributed by atoms with E-state index in [-0.39, 0.29) is 0 Å². The summed E-state index contributed by atoms with van der Waals surface area (Å²) < 4.78 is 1.67. The van der Waals surface area contributed by atoms with Gasteiger partial charge in [0.15, 0.2) is 0 Å². The second-order valence-electron chi connectivity index (χ2n) is 2.91. The Balaban J connectivity index is 2.29. The molecule has 0 radical (unpaired) electrons. The number of thiocarbonyl (C=S) groups is 1. The zero-order valence-corrected chi connectivity index (χ0v) is 11.7. The Morgan fingerprint density at radius 3 is 3.12 bits per heavy atom. The summed E-state index contributed by atoms with van der Waals surface area (Å²) in [4.78, 5) is 4.06. The highest BCUT2D eigenvalue weighted by Crippen LogP contribution is 2.10. The Bertz CT molecular complexity index is 403. The lowest BCUT2D eigenvalue weighted by molar-refractivity contribution is 0.927. The lowest BCUT2D eigenvalue weighted by Crippen LogP contribution is -2.18. The monoisotopic (exact) mass is 315 g/mol. The molecular formula is C10H10BrN3S2. The standard InChI is InChI=1S/C10H10BrN3S2/c11-9-4-8(5-13-7-9)6-14-10(15)16-3-1-2-12/h4-5,7H,1,3,6H2,(H,14,15). The van der Waals surface area contributed by atoms with Crippen LogP contribution in [-0.4, -0.2) is 15.1 Å². The van der Waals surface area contributed by atoms with Gasteiger partial charge in [-0.05, 0) is 27.6 Å². The molecule has 1 rings (SSSR count). The van der Waals surface area contributed by atoms with E-state index in [1.807, 2.05) is 6.07 Å². The fourth-order valence-electron chi connectivity index (χ4n) is 0.967. The van der Waals surface area contributed by atoms with Crippen LogP contribution in [0.15, 0.2) is 22.9 Å². The first-order valence-corrected chi connectivity index (χ1v) is 6.78. The summed E-state index contributed by atoms with van der Waals surface area (Å²) in [5.74, 6) is 0.735. The molecule has 0 spiro atoms. The molecule has 1 aromatic rings. The van der Waals surface area contributed by atoms with E-state index in [1.165, 1.54) is 11.8 Å². The first-order chi connectivity index (χ1) is 7.72. The van der Waals surface area contributed by atoms with Crippen molar-refractivity contribution in [1.82, 2.24) is 10.3 Å². The van der Waals surface area contributed by atoms with E-state index >= 15 is 0 Å². The van der Waals surface area contributed by atoms with Gasteiger partial charge in [0.05, 0.1) is 6.07 Å². The van der Waals surface area contributed by atoms with Gasteiger partial charge in [0.2, 0.25) is 0 Å². The maximum atomic E-state index is 8.38. The highest BCUT2D eigenvalue weighted by molar-refractivity contribution is 9.10. The Labute approximate surface area is 113 Å². The van der Waals surface area contributed by atoms with Crippen LogP contribution in [0.25, 0.3) is 0 Å². The van der Waals surface area contributed by atoms with Crippen molar-refractivity contribution in [3.63, 3.8) is 0 Å². The Morgan fingerprint density at radius 1 is 1.62 bits per heavy atom. The highest BCUT2D eigenvalue weighted by Gasteiger charge is 1.98. The summed E-state index contributed by atoms with van der Waals surface area (Å²) in [6.07, 6.45) is 4.05. The third-order valence-electron chi connectivity index (χ3n) is 1.65. The SMILES string of the molecule is N#CCCSC(=S)NCc1cncc(Br)c1. The Kier molecular flexibility index (Phi) is 6.38. The summed E-state index contributed by atoms with van der Waals surface area (Å²) in [6, 6.07) is 4.07. The Hall–Kier alpha value is -0.640. The number of hydrogen-bond donors (Lipinski definition) is 1. The van der Waals surface area contributed by atoms with Crippen molar-refractivity contribution in [2.24, 2.45) is 0 Å². The van der Waals surface area contributed by atoms with Gasteiger partial charge < -0.3 is 5.32 Å². The predicted molar refractivity (Wildman–Crippen MR) is 74.1 cm³/mol. The molecule has 0 unspecified atom stereocenters. The van der Waals surface area contributed by atoms with Gasteiger partial charge in [0.25, 0.3) is 0 Å².